The number of amides is 1. The van der Waals surface area contributed by atoms with Crippen LogP contribution in [0.15, 0.2) is 46.6 Å². The molecule has 1 aromatic carbocycles. The van der Waals surface area contributed by atoms with Crippen LogP contribution in [-0.4, -0.2) is 36.6 Å². The maximum absolute atomic E-state index is 12.0. The van der Waals surface area contributed by atoms with E-state index >= 15 is 0 Å². The van der Waals surface area contributed by atoms with Gasteiger partial charge >= 0.3 is 0 Å². The molecule has 0 aliphatic rings. The normalized spacial score (nSPS) is 10.7. The monoisotopic (exact) mass is 442 g/mol. The molecule has 0 aliphatic heterocycles. The van der Waals surface area contributed by atoms with Gasteiger partial charge in [-0.3, -0.25) is 4.79 Å². The van der Waals surface area contributed by atoms with Gasteiger partial charge in [0, 0.05) is 3.57 Å². The number of nitrogens with one attached hydrogen (secondary N) is 1. The van der Waals surface area contributed by atoms with E-state index in [1.165, 1.54) is 18.1 Å². The molecule has 10 heteroatoms. The molecule has 0 spiro atoms. The van der Waals surface area contributed by atoms with Crippen LogP contribution in [-0.2, 0) is 11.3 Å². The predicted octanol–water partition coefficient (Wildman–Crippen LogP) is 2.04. The molecule has 0 fully saturated rings. The van der Waals surface area contributed by atoms with E-state index in [-0.39, 0.29) is 11.7 Å². The number of aromatic nitrogens is 5. The van der Waals surface area contributed by atoms with Crippen molar-refractivity contribution < 1.29 is 9.21 Å². The van der Waals surface area contributed by atoms with Crippen LogP contribution < -0.4 is 5.32 Å². The Balaban J connectivity index is 1.51. The van der Waals surface area contributed by atoms with Gasteiger partial charge in [-0.1, -0.05) is 23.9 Å². The van der Waals surface area contributed by atoms with Gasteiger partial charge in [-0.15, -0.1) is 10.2 Å². The molecule has 0 saturated carbocycles. The number of carbonyl (C=O) groups is 1. The van der Waals surface area contributed by atoms with Crippen molar-refractivity contribution in [1.29, 1.82) is 0 Å². The molecule has 0 unspecified atom stereocenters. The SMILES string of the molecule is O=C(CSc1nnc(Cn2cncn2)o1)Nc1ccccc1I. The molecule has 3 aromatic rings. The molecular weight excluding hydrogens is 431 g/mol. The van der Waals surface area contributed by atoms with Crippen LogP contribution in [0, 0.1) is 3.57 Å². The number of para-hydroxylation sites is 1. The Hall–Kier alpha value is -1.95. The van der Waals surface area contributed by atoms with Crippen molar-refractivity contribution in [2.45, 2.75) is 11.8 Å². The molecule has 0 aliphatic carbocycles. The second kappa shape index (κ2) is 7.55. The number of benzene rings is 1. The summed E-state index contributed by atoms with van der Waals surface area (Å²) in [7, 11) is 0. The van der Waals surface area contributed by atoms with E-state index in [1.54, 1.807) is 11.0 Å². The molecule has 23 heavy (non-hydrogen) atoms. The van der Waals surface area contributed by atoms with Crippen molar-refractivity contribution in [3.8, 4) is 0 Å². The largest absolute Gasteiger partial charge is 0.414 e. The quantitative estimate of drug-likeness (QED) is 0.461. The molecule has 2 aromatic heterocycles. The summed E-state index contributed by atoms with van der Waals surface area (Å²) < 4.78 is 8.01. The molecular formula is C13H11IN6O2S. The topological polar surface area (TPSA) is 98.7 Å². The summed E-state index contributed by atoms with van der Waals surface area (Å²) in [5, 5.41) is 15.0. The van der Waals surface area contributed by atoms with E-state index in [4.69, 9.17) is 4.42 Å². The number of anilines is 1. The van der Waals surface area contributed by atoms with E-state index < -0.39 is 0 Å². The maximum atomic E-state index is 12.0. The Bertz CT molecular complexity index is 791. The zero-order valence-electron chi connectivity index (χ0n) is 11.7. The van der Waals surface area contributed by atoms with Crippen LogP contribution in [0.25, 0.3) is 0 Å². The fourth-order valence-corrected chi connectivity index (χ4v) is 2.79. The van der Waals surface area contributed by atoms with Crippen LogP contribution in [0.2, 0.25) is 0 Å². The standard InChI is InChI=1S/C13H11IN6O2S/c14-9-3-1-2-4-10(9)17-11(21)6-23-13-19-18-12(22-13)5-20-8-15-7-16-20/h1-4,7-8H,5-6H2,(H,17,21). The minimum atomic E-state index is -0.129. The van der Waals surface area contributed by atoms with Gasteiger partial charge in [0.15, 0.2) is 0 Å². The highest BCUT2D eigenvalue weighted by atomic mass is 127. The molecule has 0 radical (unpaired) electrons. The number of rotatable bonds is 6. The molecule has 8 nitrogen and oxygen atoms in total. The first-order valence-corrected chi connectivity index (χ1v) is 8.59. The zero-order chi connectivity index (χ0) is 16.1. The van der Waals surface area contributed by atoms with Crippen LogP contribution >= 0.6 is 34.4 Å². The lowest BCUT2D eigenvalue weighted by molar-refractivity contribution is -0.113. The fraction of sp³-hybridized carbons (Fsp3) is 0.154. The average molecular weight is 442 g/mol. The molecule has 1 N–H and O–H groups in total. The maximum Gasteiger partial charge on any atom is 0.277 e. The van der Waals surface area contributed by atoms with E-state index in [1.807, 2.05) is 24.3 Å². The van der Waals surface area contributed by atoms with Crippen LogP contribution in [0.1, 0.15) is 5.89 Å². The van der Waals surface area contributed by atoms with Crippen molar-refractivity contribution in [2.24, 2.45) is 0 Å². The minimum Gasteiger partial charge on any atom is -0.414 e. The molecule has 118 valence electrons. The number of thioether (sulfide) groups is 1. The minimum absolute atomic E-state index is 0.129. The van der Waals surface area contributed by atoms with Gasteiger partial charge in [0.25, 0.3) is 5.22 Å². The highest BCUT2D eigenvalue weighted by molar-refractivity contribution is 14.1. The van der Waals surface area contributed by atoms with Crippen molar-refractivity contribution in [1.82, 2.24) is 25.0 Å². The smallest absolute Gasteiger partial charge is 0.277 e. The van der Waals surface area contributed by atoms with E-state index in [9.17, 15) is 4.79 Å². The van der Waals surface area contributed by atoms with E-state index in [0.29, 0.717) is 17.7 Å². The molecule has 2 heterocycles. The number of carbonyl (C=O) groups excluding carboxylic acids is 1. The lowest BCUT2D eigenvalue weighted by atomic mass is 10.3. The summed E-state index contributed by atoms with van der Waals surface area (Å²) in [6.07, 6.45) is 2.99. The number of hydrogen-bond donors (Lipinski definition) is 1. The molecule has 0 atom stereocenters. The lowest BCUT2D eigenvalue weighted by Gasteiger charge is -2.05. The summed E-state index contributed by atoms with van der Waals surface area (Å²) in [5.74, 6) is 0.474. The van der Waals surface area contributed by atoms with Crippen LogP contribution in [0.5, 0.6) is 0 Å². The predicted molar refractivity (Wildman–Crippen MR) is 91.9 cm³/mol. The molecule has 0 saturated heterocycles. The Morgan fingerprint density at radius 2 is 2.22 bits per heavy atom. The number of halogens is 1. The Morgan fingerprint density at radius 3 is 3.00 bits per heavy atom. The third-order valence-corrected chi connectivity index (χ3v) is 4.45. The van der Waals surface area contributed by atoms with Crippen molar-refractivity contribution in [3.63, 3.8) is 0 Å². The lowest BCUT2D eigenvalue weighted by Crippen LogP contribution is -2.14. The Kier molecular flexibility index (Phi) is 5.23. The van der Waals surface area contributed by atoms with Gasteiger partial charge in [-0.2, -0.15) is 5.10 Å². The fourth-order valence-electron chi connectivity index (χ4n) is 1.69. The molecule has 1 amide bonds. The summed E-state index contributed by atoms with van der Waals surface area (Å²) in [4.78, 5) is 15.8. The summed E-state index contributed by atoms with van der Waals surface area (Å²) >= 11 is 3.36. The number of hydrogen-bond acceptors (Lipinski definition) is 7. The van der Waals surface area contributed by atoms with Crippen molar-refractivity contribution >= 4 is 45.9 Å². The summed E-state index contributed by atoms with van der Waals surface area (Å²) in [5.41, 5.74) is 0.788. The van der Waals surface area contributed by atoms with Crippen molar-refractivity contribution in [2.75, 3.05) is 11.1 Å². The van der Waals surface area contributed by atoms with Gasteiger partial charge in [0.2, 0.25) is 11.8 Å². The Labute approximate surface area is 149 Å². The van der Waals surface area contributed by atoms with Crippen LogP contribution in [0.4, 0.5) is 5.69 Å². The first-order chi connectivity index (χ1) is 11.2. The second-order valence-electron chi connectivity index (χ2n) is 4.37. The molecule has 0 bridgehead atoms. The molecule has 3 rings (SSSR count). The number of nitrogens with zero attached hydrogens (tertiary/aromatic N) is 5. The highest BCUT2D eigenvalue weighted by Crippen LogP contribution is 2.19. The van der Waals surface area contributed by atoms with Gasteiger partial charge in [0.1, 0.15) is 19.2 Å². The highest BCUT2D eigenvalue weighted by Gasteiger charge is 2.11. The summed E-state index contributed by atoms with van der Waals surface area (Å²) in [6.45, 7) is 0.349. The third-order valence-electron chi connectivity index (χ3n) is 2.69. The zero-order valence-corrected chi connectivity index (χ0v) is 14.7. The average Bonchev–Trinajstić information content (AvgIpc) is 3.20. The van der Waals surface area contributed by atoms with E-state index in [2.05, 4.69) is 48.2 Å². The van der Waals surface area contributed by atoms with Gasteiger partial charge in [-0.25, -0.2) is 9.67 Å². The summed E-state index contributed by atoms with van der Waals surface area (Å²) in [6, 6.07) is 7.58. The van der Waals surface area contributed by atoms with Crippen LogP contribution in [0.3, 0.4) is 0 Å². The Morgan fingerprint density at radius 1 is 1.35 bits per heavy atom. The van der Waals surface area contributed by atoms with E-state index in [0.717, 1.165) is 9.26 Å². The second-order valence-corrected chi connectivity index (χ2v) is 6.46. The third kappa shape index (κ3) is 4.51. The van der Waals surface area contributed by atoms with Crippen molar-refractivity contribution in [3.05, 3.63) is 46.4 Å². The first-order valence-electron chi connectivity index (χ1n) is 6.52. The van der Waals surface area contributed by atoms with Gasteiger partial charge < -0.3 is 9.73 Å². The first kappa shape index (κ1) is 15.9. The van der Waals surface area contributed by atoms with Gasteiger partial charge in [0.05, 0.1) is 11.4 Å². The van der Waals surface area contributed by atoms with Gasteiger partial charge in [-0.05, 0) is 34.7 Å².